The van der Waals surface area contributed by atoms with E-state index in [0.29, 0.717) is 0 Å². The summed E-state index contributed by atoms with van der Waals surface area (Å²) in [6.07, 6.45) is 7.20. The molecule has 0 bridgehead atoms. The largest absolute Gasteiger partial charge is 0.378 e. The van der Waals surface area contributed by atoms with Crippen molar-refractivity contribution in [3.05, 3.63) is 23.7 Å². The molecule has 0 aromatic carbocycles. The number of hydrogen-bond acceptors (Lipinski definition) is 6. The molecular formula is C21H27N5O2. The van der Waals surface area contributed by atoms with Gasteiger partial charge in [0.1, 0.15) is 11.3 Å². The SMILES string of the molecule is Cc1noc(C)c1-c1cc2c(cn1)nc(N1CCOCC1)n2CC1CCCC1. The van der Waals surface area contributed by atoms with Gasteiger partial charge in [0.2, 0.25) is 5.95 Å². The first-order valence-corrected chi connectivity index (χ1v) is 10.3. The van der Waals surface area contributed by atoms with Crippen LogP contribution >= 0.6 is 0 Å². The third-order valence-corrected chi connectivity index (χ3v) is 6.11. The molecule has 0 unspecified atom stereocenters. The van der Waals surface area contributed by atoms with Crippen molar-refractivity contribution in [1.82, 2.24) is 19.7 Å². The molecule has 28 heavy (non-hydrogen) atoms. The molecule has 4 heterocycles. The van der Waals surface area contributed by atoms with Gasteiger partial charge in [0, 0.05) is 19.6 Å². The standard InChI is InChI=1S/C21H27N5O2/c1-14-20(15(2)28-24-14)17-11-19-18(12-22-17)23-21(25-7-9-27-10-8-25)26(19)13-16-5-3-4-6-16/h11-12,16H,3-10,13H2,1-2H3. The van der Waals surface area contributed by atoms with E-state index >= 15 is 0 Å². The van der Waals surface area contributed by atoms with Gasteiger partial charge in [0.25, 0.3) is 0 Å². The Hall–Kier alpha value is -2.41. The molecule has 0 atom stereocenters. The number of imidazole rings is 1. The Bertz CT molecular complexity index is 961. The fourth-order valence-corrected chi connectivity index (χ4v) is 4.64. The highest BCUT2D eigenvalue weighted by Gasteiger charge is 2.24. The van der Waals surface area contributed by atoms with Crippen LogP contribution in [-0.4, -0.2) is 46.0 Å². The summed E-state index contributed by atoms with van der Waals surface area (Å²) < 4.78 is 13.3. The predicted octanol–water partition coefficient (Wildman–Crippen LogP) is 3.73. The van der Waals surface area contributed by atoms with Crippen molar-refractivity contribution in [2.45, 2.75) is 46.1 Å². The lowest BCUT2D eigenvalue weighted by molar-refractivity contribution is 0.121. The molecule has 3 aromatic rings. The van der Waals surface area contributed by atoms with Crippen molar-refractivity contribution in [3.63, 3.8) is 0 Å². The second kappa shape index (κ2) is 7.20. The van der Waals surface area contributed by atoms with Crippen molar-refractivity contribution in [2.75, 3.05) is 31.2 Å². The van der Waals surface area contributed by atoms with Crippen molar-refractivity contribution in [3.8, 4) is 11.3 Å². The number of pyridine rings is 1. The summed E-state index contributed by atoms with van der Waals surface area (Å²) >= 11 is 0. The van der Waals surface area contributed by atoms with Gasteiger partial charge >= 0.3 is 0 Å². The average molecular weight is 381 g/mol. The van der Waals surface area contributed by atoms with Crippen LogP contribution in [0.2, 0.25) is 0 Å². The van der Waals surface area contributed by atoms with E-state index in [4.69, 9.17) is 14.2 Å². The van der Waals surface area contributed by atoms with Gasteiger partial charge in [-0.2, -0.15) is 0 Å². The zero-order valence-electron chi connectivity index (χ0n) is 16.6. The van der Waals surface area contributed by atoms with Gasteiger partial charge in [0.15, 0.2) is 0 Å². The van der Waals surface area contributed by atoms with Crippen LogP contribution in [0.15, 0.2) is 16.8 Å². The molecule has 7 heteroatoms. The molecule has 7 nitrogen and oxygen atoms in total. The molecule has 0 N–H and O–H groups in total. The zero-order chi connectivity index (χ0) is 19.1. The van der Waals surface area contributed by atoms with E-state index in [0.717, 1.165) is 78.5 Å². The van der Waals surface area contributed by atoms with Crippen LogP contribution in [-0.2, 0) is 11.3 Å². The van der Waals surface area contributed by atoms with Gasteiger partial charge in [-0.25, -0.2) is 4.98 Å². The van der Waals surface area contributed by atoms with Crippen LogP contribution in [0.5, 0.6) is 0 Å². The molecule has 2 fully saturated rings. The number of aryl methyl sites for hydroxylation is 2. The summed E-state index contributed by atoms with van der Waals surface area (Å²) in [7, 11) is 0. The summed E-state index contributed by atoms with van der Waals surface area (Å²) in [6.45, 7) is 8.22. The van der Waals surface area contributed by atoms with E-state index in [1.54, 1.807) is 0 Å². The third kappa shape index (κ3) is 3.07. The molecule has 0 spiro atoms. The van der Waals surface area contributed by atoms with Crippen LogP contribution < -0.4 is 4.90 Å². The predicted molar refractivity (Wildman–Crippen MR) is 107 cm³/mol. The lowest BCUT2D eigenvalue weighted by Gasteiger charge is -2.29. The first kappa shape index (κ1) is 17.7. The molecule has 0 amide bonds. The Morgan fingerprint density at radius 2 is 1.93 bits per heavy atom. The maximum Gasteiger partial charge on any atom is 0.206 e. The molecule has 0 radical (unpaired) electrons. The van der Waals surface area contributed by atoms with Gasteiger partial charge in [-0.1, -0.05) is 18.0 Å². The number of fused-ring (bicyclic) bond motifs is 1. The van der Waals surface area contributed by atoms with Crippen molar-refractivity contribution in [1.29, 1.82) is 0 Å². The van der Waals surface area contributed by atoms with Crippen LogP contribution in [0.25, 0.3) is 22.3 Å². The van der Waals surface area contributed by atoms with Crippen LogP contribution in [0.1, 0.15) is 37.1 Å². The molecule has 1 saturated carbocycles. The molecule has 3 aromatic heterocycles. The van der Waals surface area contributed by atoms with E-state index < -0.39 is 0 Å². The fraction of sp³-hybridized carbons (Fsp3) is 0.571. The van der Waals surface area contributed by atoms with Gasteiger partial charge in [-0.05, 0) is 38.7 Å². The Balaban J connectivity index is 1.62. The summed E-state index contributed by atoms with van der Waals surface area (Å²) in [4.78, 5) is 12.0. The molecule has 148 valence electrons. The summed E-state index contributed by atoms with van der Waals surface area (Å²) in [6, 6.07) is 2.16. The number of rotatable bonds is 4. The number of nitrogens with zero attached hydrogens (tertiary/aromatic N) is 5. The first-order chi connectivity index (χ1) is 13.7. The normalized spacial score (nSPS) is 18.4. The number of hydrogen-bond donors (Lipinski definition) is 0. The van der Waals surface area contributed by atoms with E-state index in [1.165, 1.54) is 25.7 Å². The summed E-state index contributed by atoms with van der Waals surface area (Å²) in [5.41, 5.74) is 4.88. The van der Waals surface area contributed by atoms with Gasteiger partial charge < -0.3 is 18.7 Å². The second-order valence-corrected chi connectivity index (χ2v) is 8.03. The van der Waals surface area contributed by atoms with E-state index in [-0.39, 0.29) is 0 Å². The monoisotopic (exact) mass is 381 g/mol. The Morgan fingerprint density at radius 1 is 1.14 bits per heavy atom. The highest BCUT2D eigenvalue weighted by Crippen LogP contribution is 2.33. The first-order valence-electron chi connectivity index (χ1n) is 10.3. The average Bonchev–Trinajstić information content (AvgIpc) is 3.43. The molecule has 1 saturated heterocycles. The number of aromatic nitrogens is 4. The molecule has 5 rings (SSSR count). The minimum Gasteiger partial charge on any atom is -0.378 e. The molecule has 2 aliphatic rings. The molecule has 1 aliphatic carbocycles. The maximum absolute atomic E-state index is 5.55. The zero-order valence-corrected chi connectivity index (χ0v) is 16.6. The van der Waals surface area contributed by atoms with Crippen molar-refractivity contribution in [2.24, 2.45) is 5.92 Å². The van der Waals surface area contributed by atoms with Gasteiger partial charge in [0.05, 0.1) is 41.9 Å². The lowest BCUT2D eigenvalue weighted by Crippen LogP contribution is -2.38. The van der Waals surface area contributed by atoms with Crippen LogP contribution in [0.4, 0.5) is 5.95 Å². The van der Waals surface area contributed by atoms with Crippen LogP contribution in [0, 0.1) is 19.8 Å². The highest BCUT2D eigenvalue weighted by atomic mass is 16.5. The van der Waals surface area contributed by atoms with Crippen LogP contribution in [0.3, 0.4) is 0 Å². The Morgan fingerprint density at radius 3 is 2.64 bits per heavy atom. The van der Waals surface area contributed by atoms with E-state index in [1.807, 2.05) is 20.0 Å². The smallest absolute Gasteiger partial charge is 0.206 e. The quantitative estimate of drug-likeness (QED) is 0.686. The van der Waals surface area contributed by atoms with Crippen molar-refractivity contribution >= 4 is 17.0 Å². The molecular weight excluding hydrogens is 354 g/mol. The lowest BCUT2D eigenvalue weighted by atomic mass is 10.1. The number of morpholine rings is 1. The topological polar surface area (TPSA) is 69.2 Å². The second-order valence-electron chi connectivity index (χ2n) is 8.03. The maximum atomic E-state index is 5.55. The van der Waals surface area contributed by atoms with Crippen molar-refractivity contribution < 1.29 is 9.26 Å². The Labute approximate surface area is 164 Å². The minimum atomic E-state index is 0.730. The number of ether oxygens (including phenoxy) is 1. The van der Waals surface area contributed by atoms with Gasteiger partial charge in [-0.3, -0.25) is 4.98 Å². The third-order valence-electron chi connectivity index (χ3n) is 6.11. The molecule has 1 aliphatic heterocycles. The minimum absolute atomic E-state index is 0.730. The van der Waals surface area contributed by atoms with Gasteiger partial charge in [-0.15, -0.1) is 0 Å². The van der Waals surface area contributed by atoms with E-state index in [2.05, 4.69) is 25.7 Å². The Kier molecular flexibility index (Phi) is 4.55. The van der Waals surface area contributed by atoms with E-state index in [9.17, 15) is 0 Å². The summed E-state index contributed by atoms with van der Waals surface area (Å²) in [5.74, 6) is 2.59. The number of anilines is 1. The fourth-order valence-electron chi connectivity index (χ4n) is 4.64. The highest BCUT2D eigenvalue weighted by molar-refractivity contribution is 5.83. The summed E-state index contributed by atoms with van der Waals surface area (Å²) in [5, 5.41) is 4.10.